The Balaban J connectivity index is 4.31. The Morgan fingerprint density at radius 2 is 1.26 bits per heavy atom. The molecule has 6 nitrogen and oxygen atoms in total. The average Bonchev–Trinajstić information content (AvgIpc) is 2.21. The SMILES string of the molecule is C=C(CC(=O)OC(C)OC(C)(C)C)C(=O)OC(C)OC(C)(C)C. The van der Waals surface area contributed by atoms with Crippen molar-refractivity contribution in [2.45, 2.75) is 85.6 Å². The molecule has 0 fully saturated rings. The number of hydrogen-bond acceptors (Lipinski definition) is 6. The molecule has 6 heteroatoms. The normalized spacial score (nSPS) is 14.8. The van der Waals surface area contributed by atoms with Crippen LogP contribution >= 0.6 is 0 Å². The molecule has 0 bridgehead atoms. The molecule has 0 heterocycles. The molecule has 0 aromatic heterocycles. The molecule has 2 unspecified atom stereocenters. The zero-order valence-corrected chi connectivity index (χ0v) is 15.5. The third kappa shape index (κ3) is 11.8. The van der Waals surface area contributed by atoms with E-state index in [1.165, 1.54) is 0 Å². The summed E-state index contributed by atoms with van der Waals surface area (Å²) in [6.45, 7) is 17.9. The highest BCUT2D eigenvalue weighted by Gasteiger charge is 2.23. The van der Waals surface area contributed by atoms with Gasteiger partial charge >= 0.3 is 11.9 Å². The predicted octanol–water partition coefficient (Wildman–Crippen LogP) is 3.34. The predicted molar refractivity (Wildman–Crippen MR) is 86.5 cm³/mol. The first-order chi connectivity index (χ1) is 10.2. The molecule has 0 aliphatic carbocycles. The van der Waals surface area contributed by atoms with Crippen molar-refractivity contribution in [3.05, 3.63) is 12.2 Å². The summed E-state index contributed by atoms with van der Waals surface area (Å²) in [5.74, 6) is -1.30. The number of ether oxygens (including phenoxy) is 4. The van der Waals surface area contributed by atoms with Gasteiger partial charge in [0.1, 0.15) is 0 Å². The number of carbonyl (C=O) groups is 2. The Morgan fingerprint density at radius 3 is 1.65 bits per heavy atom. The van der Waals surface area contributed by atoms with Crippen molar-refractivity contribution >= 4 is 11.9 Å². The van der Waals surface area contributed by atoms with E-state index in [2.05, 4.69) is 6.58 Å². The zero-order valence-electron chi connectivity index (χ0n) is 15.5. The van der Waals surface area contributed by atoms with Gasteiger partial charge in [-0.2, -0.15) is 0 Å². The van der Waals surface area contributed by atoms with Gasteiger partial charge in [-0.3, -0.25) is 4.79 Å². The van der Waals surface area contributed by atoms with Crippen molar-refractivity contribution in [2.75, 3.05) is 0 Å². The minimum atomic E-state index is -0.738. The Labute approximate surface area is 139 Å². The van der Waals surface area contributed by atoms with E-state index >= 15 is 0 Å². The summed E-state index contributed by atoms with van der Waals surface area (Å²) >= 11 is 0. The fraction of sp³-hybridized carbons (Fsp3) is 0.765. The monoisotopic (exact) mass is 330 g/mol. The maximum absolute atomic E-state index is 11.8. The van der Waals surface area contributed by atoms with Gasteiger partial charge in [0.15, 0.2) is 0 Å². The number of rotatable bonds is 7. The largest absolute Gasteiger partial charge is 0.436 e. The second-order valence-corrected chi connectivity index (χ2v) is 7.27. The van der Waals surface area contributed by atoms with E-state index in [0.717, 1.165) is 0 Å². The van der Waals surface area contributed by atoms with Crippen molar-refractivity contribution in [1.82, 2.24) is 0 Å². The smallest absolute Gasteiger partial charge is 0.336 e. The lowest BCUT2D eigenvalue weighted by Crippen LogP contribution is -2.30. The van der Waals surface area contributed by atoms with Crippen LogP contribution in [0, 0.1) is 0 Å². The average molecular weight is 330 g/mol. The maximum atomic E-state index is 11.8. The standard InChI is InChI=1S/C17H30O6/c1-11(15(19)21-13(3)23-17(7,8)9)10-14(18)20-12(2)22-16(4,5)6/h12-13H,1,10H2,2-9H3. The fourth-order valence-corrected chi connectivity index (χ4v) is 1.75. The first kappa shape index (κ1) is 21.6. The van der Waals surface area contributed by atoms with E-state index in [1.807, 2.05) is 41.5 Å². The Hall–Kier alpha value is -1.40. The fourth-order valence-electron chi connectivity index (χ4n) is 1.75. The van der Waals surface area contributed by atoms with E-state index in [0.29, 0.717) is 0 Å². The van der Waals surface area contributed by atoms with Crippen molar-refractivity contribution in [2.24, 2.45) is 0 Å². The first-order valence-electron chi connectivity index (χ1n) is 7.63. The number of carbonyl (C=O) groups excluding carboxylic acids is 2. The molecular formula is C17H30O6. The van der Waals surface area contributed by atoms with Crippen molar-refractivity contribution < 1.29 is 28.5 Å². The molecule has 0 amide bonds. The van der Waals surface area contributed by atoms with Gasteiger partial charge in [0.25, 0.3) is 0 Å². The van der Waals surface area contributed by atoms with E-state index in [1.54, 1.807) is 13.8 Å². The summed E-state index contributed by atoms with van der Waals surface area (Å²) < 4.78 is 21.1. The maximum Gasteiger partial charge on any atom is 0.336 e. The number of esters is 2. The van der Waals surface area contributed by atoms with Gasteiger partial charge < -0.3 is 18.9 Å². The molecule has 0 aliphatic heterocycles. The van der Waals surface area contributed by atoms with Crippen LogP contribution in [0.3, 0.4) is 0 Å². The highest BCUT2D eigenvalue weighted by atomic mass is 16.7. The molecule has 23 heavy (non-hydrogen) atoms. The lowest BCUT2D eigenvalue weighted by molar-refractivity contribution is -0.199. The van der Waals surface area contributed by atoms with Gasteiger partial charge in [-0.1, -0.05) is 6.58 Å². The van der Waals surface area contributed by atoms with Crippen LogP contribution in [0.15, 0.2) is 12.2 Å². The molecule has 0 aromatic carbocycles. The summed E-state index contributed by atoms with van der Waals surface area (Å²) in [6.07, 6.45) is -1.72. The lowest BCUT2D eigenvalue weighted by Gasteiger charge is -2.25. The van der Waals surface area contributed by atoms with Gasteiger partial charge in [0.2, 0.25) is 12.6 Å². The Bertz CT molecular complexity index is 427. The van der Waals surface area contributed by atoms with Crippen molar-refractivity contribution in [3.63, 3.8) is 0 Å². The Morgan fingerprint density at radius 1 is 0.870 bits per heavy atom. The summed E-state index contributed by atoms with van der Waals surface area (Å²) in [5, 5.41) is 0. The van der Waals surface area contributed by atoms with Gasteiger partial charge in [-0.05, 0) is 55.4 Å². The molecule has 0 saturated heterocycles. The van der Waals surface area contributed by atoms with Crippen LogP contribution in [-0.4, -0.2) is 35.7 Å². The molecule has 134 valence electrons. The van der Waals surface area contributed by atoms with Crippen LogP contribution in [0.4, 0.5) is 0 Å². The van der Waals surface area contributed by atoms with Crippen LogP contribution in [0.2, 0.25) is 0 Å². The molecular weight excluding hydrogens is 300 g/mol. The van der Waals surface area contributed by atoms with Crippen LogP contribution in [0.25, 0.3) is 0 Å². The summed E-state index contributed by atoms with van der Waals surface area (Å²) in [7, 11) is 0. The second kappa shape index (κ2) is 8.45. The summed E-state index contributed by atoms with van der Waals surface area (Å²) in [5.41, 5.74) is -0.878. The van der Waals surface area contributed by atoms with Crippen LogP contribution in [0.1, 0.15) is 61.8 Å². The van der Waals surface area contributed by atoms with E-state index in [-0.39, 0.29) is 12.0 Å². The molecule has 0 N–H and O–H groups in total. The molecule has 2 atom stereocenters. The number of hydrogen-bond donors (Lipinski definition) is 0. The third-order valence-electron chi connectivity index (χ3n) is 2.26. The second-order valence-electron chi connectivity index (χ2n) is 7.27. The Kier molecular flexibility index (Phi) is 7.94. The molecule has 0 spiro atoms. The topological polar surface area (TPSA) is 71.1 Å². The van der Waals surface area contributed by atoms with Gasteiger partial charge in [0.05, 0.1) is 17.6 Å². The lowest BCUT2D eigenvalue weighted by atomic mass is 10.2. The van der Waals surface area contributed by atoms with Crippen LogP contribution < -0.4 is 0 Å². The minimum Gasteiger partial charge on any atom is -0.436 e. The van der Waals surface area contributed by atoms with Gasteiger partial charge in [-0.25, -0.2) is 4.79 Å². The van der Waals surface area contributed by atoms with Gasteiger partial charge in [-0.15, -0.1) is 0 Å². The molecule has 0 rings (SSSR count). The summed E-state index contributed by atoms with van der Waals surface area (Å²) in [4.78, 5) is 23.6. The van der Waals surface area contributed by atoms with Gasteiger partial charge in [0, 0.05) is 5.57 Å². The molecule has 0 aliphatic rings. The molecule has 0 saturated carbocycles. The molecule has 0 aromatic rings. The third-order valence-corrected chi connectivity index (χ3v) is 2.26. The van der Waals surface area contributed by atoms with E-state index in [4.69, 9.17) is 18.9 Å². The van der Waals surface area contributed by atoms with Crippen LogP contribution in [-0.2, 0) is 28.5 Å². The molecule has 0 radical (unpaired) electrons. The summed E-state index contributed by atoms with van der Waals surface area (Å²) in [6, 6.07) is 0. The highest BCUT2D eigenvalue weighted by molar-refractivity contribution is 5.93. The van der Waals surface area contributed by atoms with E-state index in [9.17, 15) is 9.59 Å². The first-order valence-corrected chi connectivity index (χ1v) is 7.63. The zero-order chi connectivity index (χ0) is 18.4. The van der Waals surface area contributed by atoms with Crippen LogP contribution in [0.5, 0.6) is 0 Å². The highest BCUT2D eigenvalue weighted by Crippen LogP contribution is 2.15. The van der Waals surface area contributed by atoms with E-state index < -0.39 is 35.7 Å². The minimum absolute atomic E-state index is 0.00215. The van der Waals surface area contributed by atoms with Crippen molar-refractivity contribution in [1.29, 1.82) is 0 Å². The quantitative estimate of drug-likeness (QED) is 0.405. The van der Waals surface area contributed by atoms with Crippen molar-refractivity contribution in [3.8, 4) is 0 Å².